The molecule has 1 aromatic rings. The number of anilines is 1. The molecule has 1 aliphatic rings. The predicted octanol–water partition coefficient (Wildman–Crippen LogP) is 2.89. The minimum absolute atomic E-state index is 0.189. The number of nitrogens with one attached hydrogen (secondary N) is 1. The summed E-state index contributed by atoms with van der Waals surface area (Å²) < 4.78 is 18.9. The van der Waals surface area contributed by atoms with Crippen LogP contribution < -0.4 is 5.32 Å². The summed E-state index contributed by atoms with van der Waals surface area (Å²) in [6.07, 6.45) is 1.68. The SMILES string of the molecule is CC1(C)CC(Nc2ccc(F)c(C(=O)O)c2)CCO1. The first kappa shape index (κ1) is 13.8. The molecular formula is C14H18FNO3. The lowest BCUT2D eigenvalue weighted by atomic mass is 9.93. The highest BCUT2D eigenvalue weighted by atomic mass is 19.1. The van der Waals surface area contributed by atoms with Crippen molar-refractivity contribution in [1.82, 2.24) is 0 Å². The van der Waals surface area contributed by atoms with Gasteiger partial charge in [-0.15, -0.1) is 0 Å². The molecule has 0 amide bonds. The quantitative estimate of drug-likeness (QED) is 0.884. The number of hydrogen-bond donors (Lipinski definition) is 2. The Morgan fingerprint density at radius 1 is 1.53 bits per heavy atom. The van der Waals surface area contributed by atoms with Gasteiger partial charge in [-0.3, -0.25) is 0 Å². The van der Waals surface area contributed by atoms with Crippen LogP contribution in [0.5, 0.6) is 0 Å². The van der Waals surface area contributed by atoms with Gasteiger partial charge in [0.2, 0.25) is 0 Å². The number of aromatic carboxylic acids is 1. The maximum absolute atomic E-state index is 13.3. The highest BCUT2D eigenvalue weighted by molar-refractivity contribution is 5.89. The zero-order chi connectivity index (χ0) is 14.0. The number of halogens is 1. The number of carboxylic acid groups (broad SMARTS) is 1. The average molecular weight is 267 g/mol. The van der Waals surface area contributed by atoms with Crippen LogP contribution in [0.15, 0.2) is 18.2 Å². The molecule has 0 aromatic heterocycles. The fraction of sp³-hybridized carbons (Fsp3) is 0.500. The second-order valence-electron chi connectivity index (χ2n) is 5.44. The second kappa shape index (κ2) is 5.17. The minimum Gasteiger partial charge on any atom is -0.478 e. The molecule has 0 radical (unpaired) electrons. The lowest BCUT2D eigenvalue weighted by Gasteiger charge is -2.36. The molecule has 0 saturated carbocycles. The van der Waals surface area contributed by atoms with Gasteiger partial charge in [0.15, 0.2) is 0 Å². The van der Waals surface area contributed by atoms with Crippen LogP contribution in [0.1, 0.15) is 37.0 Å². The number of rotatable bonds is 3. The molecule has 2 rings (SSSR count). The van der Waals surface area contributed by atoms with Gasteiger partial charge >= 0.3 is 5.97 Å². The van der Waals surface area contributed by atoms with Crippen molar-refractivity contribution in [3.8, 4) is 0 Å². The smallest absolute Gasteiger partial charge is 0.338 e. The van der Waals surface area contributed by atoms with Crippen LogP contribution in [0.2, 0.25) is 0 Å². The molecule has 1 saturated heterocycles. The first-order valence-electron chi connectivity index (χ1n) is 6.31. The molecule has 5 heteroatoms. The molecule has 0 aliphatic carbocycles. The topological polar surface area (TPSA) is 58.6 Å². The van der Waals surface area contributed by atoms with Crippen LogP contribution in [0.3, 0.4) is 0 Å². The van der Waals surface area contributed by atoms with E-state index in [1.807, 2.05) is 13.8 Å². The maximum atomic E-state index is 13.3. The lowest BCUT2D eigenvalue weighted by Crippen LogP contribution is -2.40. The number of carbonyl (C=O) groups is 1. The van der Waals surface area contributed by atoms with Gasteiger partial charge in [-0.1, -0.05) is 0 Å². The van der Waals surface area contributed by atoms with Gasteiger partial charge in [0, 0.05) is 18.3 Å². The molecule has 19 heavy (non-hydrogen) atoms. The first-order chi connectivity index (χ1) is 8.87. The van der Waals surface area contributed by atoms with E-state index in [1.54, 1.807) is 6.07 Å². The largest absolute Gasteiger partial charge is 0.478 e. The molecule has 1 heterocycles. The Bertz CT molecular complexity index is 488. The van der Waals surface area contributed by atoms with Gasteiger partial charge in [-0.25, -0.2) is 9.18 Å². The van der Waals surface area contributed by atoms with E-state index >= 15 is 0 Å². The Kier molecular flexibility index (Phi) is 3.75. The van der Waals surface area contributed by atoms with Crippen molar-refractivity contribution >= 4 is 11.7 Å². The molecular weight excluding hydrogens is 249 g/mol. The van der Waals surface area contributed by atoms with Crippen molar-refractivity contribution in [3.05, 3.63) is 29.6 Å². The molecule has 0 bridgehead atoms. The zero-order valence-electron chi connectivity index (χ0n) is 11.1. The average Bonchev–Trinajstić information content (AvgIpc) is 2.30. The Morgan fingerprint density at radius 2 is 2.26 bits per heavy atom. The highest BCUT2D eigenvalue weighted by Gasteiger charge is 2.28. The lowest BCUT2D eigenvalue weighted by molar-refractivity contribution is -0.0553. The van der Waals surface area contributed by atoms with E-state index < -0.39 is 11.8 Å². The highest BCUT2D eigenvalue weighted by Crippen LogP contribution is 2.27. The Labute approximate surface area is 111 Å². The fourth-order valence-corrected chi connectivity index (χ4v) is 2.37. The van der Waals surface area contributed by atoms with E-state index in [0.29, 0.717) is 12.3 Å². The van der Waals surface area contributed by atoms with E-state index in [2.05, 4.69) is 5.32 Å². The number of hydrogen-bond acceptors (Lipinski definition) is 3. The van der Waals surface area contributed by atoms with Crippen molar-refractivity contribution in [2.75, 3.05) is 11.9 Å². The third-order valence-electron chi connectivity index (χ3n) is 3.26. The molecule has 1 aromatic carbocycles. The fourth-order valence-electron chi connectivity index (χ4n) is 2.37. The van der Waals surface area contributed by atoms with E-state index in [1.165, 1.54) is 12.1 Å². The van der Waals surface area contributed by atoms with Crippen LogP contribution >= 0.6 is 0 Å². The summed E-state index contributed by atoms with van der Waals surface area (Å²) in [5.41, 5.74) is 0.129. The number of carboxylic acids is 1. The standard InChI is InChI=1S/C14H18FNO3/c1-14(2)8-10(5-6-19-14)16-9-3-4-12(15)11(7-9)13(17)18/h3-4,7,10,16H,5-6,8H2,1-2H3,(H,17,18). The third kappa shape index (κ3) is 3.44. The van der Waals surface area contributed by atoms with Gasteiger partial charge in [0.1, 0.15) is 5.82 Å². The molecule has 1 atom stereocenters. The molecule has 1 unspecified atom stereocenters. The normalized spacial score (nSPS) is 21.9. The van der Waals surface area contributed by atoms with Crippen LogP contribution in [-0.4, -0.2) is 29.3 Å². The van der Waals surface area contributed by atoms with Gasteiger partial charge < -0.3 is 15.2 Å². The first-order valence-corrected chi connectivity index (χ1v) is 6.31. The minimum atomic E-state index is -1.26. The summed E-state index contributed by atoms with van der Waals surface area (Å²) in [4.78, 5) is 10.9. The van der Waals surface area contributed by atoms with Crippen LogP contribution in [0, 0.1) is 5.82 Å². The van der Waals surface area contributed by atoms with E-state index in [-0.39, 0.29) is 17.2 Å². The van der Waals surface area contributed by atoms with Crippen LogP contribution in [0.4, 0.5) is 10.1 Å². The van der Waals surface area contributed by atoms with E-state index in [4.69, 9.17) is 9.84 Å². The Balaban J connectivity index is 2.11. The summed E-state index contributed by atoms with van der Waals surface area (Å²) >= 11 is 0. The molecule has 4 nitrogen and oxygen atoms in total. The molecule has 1 aliphatic heterocycles. The predicted molar refractivity (Wildman–Crippen MR) is 70.0 cm³/mol. The van der Waals surface area contributed by atoms with Crippen molar-refractivity contribution in [1.29, 1.82) is 0 Å². The summed E-state index contributed by atoms with van der Waals surface area (Å²) in [7, 11) is 0. The molecule has 0 spiro atoms. The monoisotopic (exact) mass is 267 g/mol. The summed E-state index contributed by atoms with van der Waals surface area (Å²) in [5, 5.41) is 12.1. The van der Waals surface area contributed by atoms with E-state index in [9.17, 15) is 9.18 Å². The van der Waals surface area contributed by atoms with Crippen molar-refractivity contribution in [3.63, 3.8) is 0 Å². The molecule has 2 N–H and O–H groups in total. The molecule has 104 valence electrons. The zero-order valence-corrected chi connectivity index (χ0v) is 11.1. The van der Waals surface area contributed by atoms with Gasteiger partial charge in [0.25, 0.3) is 0 Å². The molecule has 1 fully saturated rings. The number of ether oxygens (including phenoxy) is 1. The summed E-state index contributed by atoms with van der Waals surface area (Å²) in [6, 6.07) is 4.27. The Hall–Kier alpha value is -1.62. The van der Waals surface area contributed by atoms with Crippen molar-refractivity contribution in [2.24, 2.45) is 0 Å². The summed E-state index contributed by atoms with van der Waals surface area (Å²) in [6.45, 7) is 4.71. The van der Waals surface area contributed by atoms with Crippen LogP contribution in [0.25, 0.3) is 0 Å². The van der Waals surface area contributed by atoms with Gasteiger partial charge in [0.05, 0.1) is 11.2 Å². The van der Waals surface area contributed by atoms with E-state index in [0.717, 1.165) is 12.8 Å². The van der Waals surface area contributed by atoms with Crippen molar-refractivity contribution in [2.45, 2.75) is 38.3 Å². The second-order valence-corrected chi connectivity index (χ2v) is 5.44. The third-order valence-corrected chi connectivity index (χ3v) is 3.26. The van der Waals surface area contributed by atoms with Crippen LogP contribution in [-0.2, 0) is 4.74 Å². The van der Waals surface area contributed by atoms with Gasteiger partial charge in [-0.05, 0) is 44.9 Å². The Morgan fingerprint density at radius 3 is 2.89 bits per heavy atom. The maximum Gasteiger partial charge on any atom is 0.338 e. The van der Waals surface area contributed by atoms with Gasteiger partial charge in [-0.2, -0.15) is 0 Å². The summed E-state index contributed by atoms with van der Waals surface area (Å²) in [5.74, 6) is -1.97. The van der Waals surface area contributed by atoms with Crippen molar-refractivity contribution < 1.29 is 19.0 Å². The number of benzene rings is 1.